The number of alkyl halides is 2. The van der Waals surface area contributed by atoms with Crippen molar-refractivity contribution < 1.29 is 9.31 Å². The molecular formula is C18H31BBr2O2. The molecule has 0 aliphatic heterocycles. The van der Waals surface area contributed by atoms with Crippen LogP contribution in [-0.4, -0.2) is 29.0 Å². The molecule has 132 valence electrons. The Morgan fingerprint density at radius 1 is 0.913 bits per heavy atom. The third-order valence-corrected chi connectivity index (χ3v) is 6.97. The molecule has 2 saturated carbocycles. The van der Waals surface area contributed by atoms with Crippen molar-refractivity contribution in [1.29, 1.82) is 0 Å². The highest BCUT2D eigenvalue weighted by atomic mass is 79.9. The van der Waals surface area contributed by atoms with Crippen molar-refractivity contribution in [1.82, 2.24) is 0 Å². The number of allylic oxidation sites excluding steroid dienone is 1. The van der Waals surface area contributed by atoms with Gasteiger partial charge in [-0.15, -0.1) is 0 Å². The maximum Gasteiger partial charge on any atom is 0.486 e. The smallest absolute Gasteiger partial charge is 0.404 e. The summed E-state index contributed by atoms with van der Waals surface area (Å²) in [7, 11) is -0.196. The number of hydrogen-bond donors (Lipinski definition) is 0. The Morgan fingerprint density at radius 2 is 1.43 bits per heavy atom. The second-order valence-electron chi connectivity index (χ2n) is 6.89. The molecule has 0 aromatic carbocycles. The van der Waals surface area contributed by atoms with Gasteiger partial charge >= 0.3 is 7.12 Å². The Balaban J connectivity index is 1.91. The summed E-state index contributed by atoms with van der Waals surface area (Å²) in [6.45, 7) is 2.23. The fourth-order valence-corrected chi connectivity index (χ4v) is 4.83. The Labute approximate surface area is 159 Å². The molecule has 2 fully saturated rings. The minimum absolute atomic E-state index is 0.196. The van der Waals surface area contributed by atoms with Gasteiger partial charge < -0.3 is 9.31 Å². The zero-order chi connectivity index (χ0) is 16.5. The van der Waals surface area contributed by atoms with E-state index in [1.165, 1.54) is 51.4 Å². The lowest BCUT2D eigenvalue weighted by atomic mass is 9.84. The first kappa shape index (κ1) is 20.0. The Kier molecular flexibility index (Phi) is 9.85. The molecule has 0 N–H and O–H groups in total. The lowest BCUT2D eigenvalue weighted by molar-refractivity contribution is 0.0791. The largest absolute Gasteiger partial charge is 0.486 e. The highest BCUT2D eigenvalue weighted by Crippen LogP contribution is 2.30. The van der Waals surface area contributed by atoms with Crippen LogP contribution in [-0.2, 0) is 9.31 Å². The summed E-state index contributed by atoms with van der Waals surface area (Å²) in [5.41, 5.74) is 0. The van der Waals surface area contributed by atoms with E-state index >= 15 is 0 Å². The van der Waals surface area contributed by atoms with Gasteiger partial charge in [0.25, 0.3) is 0 Å². The fraction of sp³-hybridized carbons (Fsp3) is 0.889. The molecular weight excluding hydrogens is 419 g/mol. The summed E-state index contributed by atoms with van der Waals surface area (Å²) in [5, 5.41) is 0. The van der Waals surface area contributed by atoms with E-state index in [1.54, 1.807) is 0 Å². The predicted molar refractivity (Wildman–Crippen MR) is 107 cm³/mol. The average Bonchev–Trinajstić information content (AvgIpc) is 2.55. The van der Waals surface area contributed by atoms with Crippen LogP contribution in [0.1, 0.15) is 77.6 Å². The molecule has 5 heteroatoms. The van der Waals surface area contributed by atoms with Crippen LogP contribution in [0.3, 0.4) is 0 Å². The van der Waals surface area contributed by atoms with Crippen LogP contribution >= 0.6 is 31.9 Å². The van der Waals surface area contributed by atoms with Crippen LogP contribution in [0.2, 0.25) is 0 Å². The lowest BCUT2D eigenvalue weighted by Gasteiger charge is -2.33. The van der Waals surface area contributed by atoms with Gasteiger partial charge in [-0.2, -0.15) is 0 Å². The second kappa shape index (κ2) is 11.3. The van der Waals surface area contributed by atoms with Gasteiger partial charge in [0.05, 0.1) is 12.2 Å². The Morgan fingerprint density at radius 3 is 1.91 bits per heavy atom. The minimum Gasteiger partial charge on any atom is -0.404 e. The number of rotatable bonds is 8. The van der Waals surface area contributed by atoms with Crippen LogP contribution in [0.15, 0.2) is 12.1 Å². The molecule has 0 bridgehead atoms. The first-order chi connectivity index (χ1) is 11.2. The van der Waals surface area contributed by atoms with Crippen molar-refractivity contribution in [2.75, 3.05) is 0 Å². The molecule has 2 aliphatic rings. The van der Waals surface area contributed by atoms with Crippen molar-refractivity contribution in [3.8, 4) is 0 Å². The molecule has 2 rings (SSSR count). The van der Waals surface area contributed by atoms with E-state index in [-0.39, 0.29) is 19.3 Å². The molecule has 2 nitrogen and oxygen atoms in total. The molecule has 0 saturated heterocycles. The van der Waals surface area contributed by atoms with Crippen molar-refractivity contribution in [3.63, 3.8) is 0 Å². The molecule has 0 heterocycles. The van der Waals surface area contributed by atoms with Gasteiger partial charge in [-0.3, -0.25) is 0 Å². The second-order valence-corrected chi connectivity index (χ2v) is 9.24. The number of unbranched alkanes of at least 4 members (excludes halogenated alkanes) is 2. The SMILES string of the molecule is CCCC/C=C/B(O[C@@H]1CCCC[C@H]1Br)O[C@@H]1CCCC[C@H]1Br. The summed E-state index contributed by atoms with van der Waals surface area (Å²) in [6.07, 6.45) is 16.2. The van der Waals surface area contributed by atoms with Gasteiger partial charge in [-0.25, -0.2) is 0 Å². The monoisotopic (exact) mass is 448 g/mol. The minimum atomic E-state index is -0.196. The summed E-state index contributed by atoms with van der Waals surface area (Å²) in [5.74, 6) is 2.15. The van der Waals surface area contributed by atoms with Gasteiger partial charge in [0.1, 0.15) is 0 Å². The number of halogens is 2. The van der Waals surface area contributed by atoms with Gasteiger partial charge in [0, 0.05) is 9.65 Å². The average molecular weight is 450 g/mol. The first-order valence-electron chi connectivity index (χ1n) is 9.46. The van der Waals surface area contributed by atoms with E-state index in [2.05, 4.69) is 50.8 Å². The van der Waals surface area contributed by atoms with Crippen LogP contribution in [0.5, 0.6) is 0 Å². The zero-order valence-electron chi connectivity index (χ0n) is 14.4. The van der Waals surface area contributed by atoms with E-state index < -0.39 is 0 Å². The predicted octanol–water partition coefficient (Wildman–Crippen LogP) is 6.21. The van der Waals surface area contributed by atoms with Crippen molar-refractivity contribution in [2.45, 2.75) is 99.4 Å². The van der Waals surface area contributed by atoms with Crippen molar-refractivity contribution >= 4 is 39.0 Å². The molecule has 0 spiro atoms. The molecule has 0 radical (unpaired) electrons. The van der Waals surface area contributed by atoms with Crippen molar-refractivity contribution in [3.05, 3.63) is 12.1 Å². The summed E-state index contributed by atoms with van der Waals surface area (Å²) >= 11 is 7.60. The summed E-state index contributed by atoms with van der Waals surface area (Å²) in [6, 6.07) is 0. The molecule has 0 amide bonds. The van der Waals surface area contributed by atoms with Crippen LogP contribution in [0, 0.1) is 0 Å². The standard InChI is InChI=1S/C18H31BBr2O2/c1-2-3-4-9-14-19(22-17-12-7-5-10-15(17)20)23-18-13-8-6-11-16(18)21/h9,14-18H,2-8,10-13H2,1H3/b14-9+/t15-,16-,17-,18-/m1/s1. The van der Waals surface area contributed by atoms with Crippen LogP contribution in [0.4, 0.5) is 0 Å². The maximum absolute atomic E-state index is 6.36. The molecule has 2 aliphatic carbocycles. The maximum atomic E-state index is 6.36. The van der Waals surface area contributed by atoms with Crippen LogP contribution < -0.4 is 0 Å². The normalized spacial score (nSPS) is 32.3. The summed E-state index contributed by atoms with van der Waals surface area (Å²) < 4.78 is 12.7. The van der Waals surface area contributed by atoms with E-state index in [1.807, 2.05) is 0 Å². The van der Waals surface area contributed by atoms with Crippen LogP contribution in [0.25, 0.3) is 0 Å². The Bertz CT molecular complexity index is 330. The topological polar surface area (TPSA) is 18.5 Å². The van der Waals surface area contributed by atoms with E-state index in [0.717, 1.165) is 19.3 Å². The quantitative estimate of drug-likeness (QED) is 0.249. The first-order valence-corrected chi connectivity index (χ1v) is 11.3. The van der Waals surface area contributed by atoms with E-state index in [0.29, 0.717) is 9.65 Å². The third kappa shape index (κ3) is 7.21. The van der Waals surface area contributed by atoms with E-state index in [4.69, 9.17) is 9.31 Å². The Hall–Kier alpha value is 0.685. The lowest BCUT2D eigenvalue weighted by Crippen LogP contribution is -2.40. The fourth-order valence-electron chi connectivity index (χ4n) is 3.41. The molecule has 0 aromatic rings. The number of hydrogen-bond acceptors (Lipinski definition) is 2. The highest BCUT2D eigenvalue weighted by Gasteiger charge is 2.32. The van der Waals surface area contributed by atoms with Gasteiger partial charge in [-0.1, -0.05) is 89.4 Å². The van der Waals surface area contributed by atoms with Gasteiger partial charge in [-0.05, 0) is 32.1 Å². The van der Waals surface area contributed by atoms with E-state index in [9.17, 15) is 0 Å². The van der Waals surface area contributed by atoms with Gasteiger partial charge in [0.2, 0.25) is 0 Å². The highest BCUT2D eigenvalue weighted by molar-refractivity contribution is 9.09. The molecule has 0 aromatic heterocycles. The van der Waals surface area contributed by atoms with Gasteiger partial charge in [0.15, 0.2) is 0 Å². The van der Waals surface area contributed by atoms with Crippen molar-refractivity contribution in [2.24, 2.45) is 0 Å². The molecule has 0 unspecified atom stereocenters. The summed E-state index contributed by atoms with van der Waals surface area (Å²) in [4.78, 5) is 0.940. The molecule has 23 heavy (non-hydrogen) atoms. The zero-order valence-corrected chi connectivity index (χ0v) is 17.6. The molecule has 4 atom stereocenters. The third-order valence-electron chi connectivity index (χ3n) is 4.88.